The maximum Gasteiger partial charge on any atom is 0.259 e. The molecule has 5 heteroatoms. The minimum Gasteiger partial charge on any atom is -0.394 e. The highest BCUT2D eigenvalue weighted by molar-refractivity contribution is 5.96. The summed E-state index contributed by atoms with van der Waals surface area (Å²) in [4.78, 5) is 13.8. The van der Waals surface area contributed by atoms with Crippen LogP contribution in [-0.2, 0) is 6.42 Å². The number of likely N-dealkylation sites (N-methyl/N-ethyl adjacent to an activating group) is 1. The van der Waals surface area contributed by atoms with Crippen molar-refractivity contribution in [2.75, 3.05) is 13.7 Å². The van der Waals surface area contributed by atoms with Gasteiger partial charge in [0, 0.05) is 7.05 Å². The molecule has 0 radical (unpaired) electrons. The van der Waals surface area contributed by atoms with Crippen LogP contribution in [0.1, 0.15) is 42.6 Å². The number of carbonyl (C=O) groups excluding carboxylic acids is 1. The lowest BCUT2D eigenvalue weighted by Gasteiger charge is -2.33. The van der Waals surface area contributed by atoms with Crippen LogP contribution in [0.5, 0.6) is 0 Å². The largest absolute Gasteiger partial charge is 0.394 e. The Morgan fingerprint density at radius 2 is 2.12 bits per heavy atom. The number of hydrogen-bond acceptors (Lipinski definition) is 4. The van der Waals surface area contributed by atoms with Crippen molar-refractivity contribution in [2.45, 2.75) is 39.7 Å². The molecule has 0 aliphatic rings. The van der Waals surface area contributed by atoms with E-state index in [1.54, 1.807) is 27.8 Å². The average Bonchev–Trinajstić information content (AvgIpc) is 2.68. The topological polar surface area (TPSA) is 66.6 Å². The average molecular weight is 240 g/mol. The van der Waals surface area contributed by atoms with E-state index in [0.29, 0.717) is 23.4 Å². The van der Waals surface area contributed by atoms with E-state index < -0.39 is 5.54 Å². The van der Waals surface area contributed by atoms with Gasteiger partial charge in [0.1, 0.15) is 11.3 Å². The normalized spacial score (nSPS) is 11.6. The molecule has 0 fully saturated rings. The van der Waals surface area contributed by atoms with Gasteiger partial charge in [-0.1, -0.05) is 12.1 Å². The Morgan fingerprint density at radius 3 is 2.59 bits per heavy atom. The Bertz CT molecular complexity index is 410. The van der Waals surface area contributed by atoms with Crippen LogP contribution in [-0.4, -0.2) is 40.3 Å². The number of hydrogen-bond donors (Lipinski definition) is 1. The molecule has 0 aliphatic carbocycles. The van der Waals surface area contributed by atoms with Crippen LogP contribution in [0.4, 0.5) is 0 Å². The van der Waals surface area contributed by atoms with Crippen molar-refractivity contribution >= 4 is 5.91 Å². The molecule has 1 heterocycles. The summed E-state index contributed by atoms with van der Waals surface area (Å²) < 4.78 is 5.04. The van der Waals surface area contributed by atoms with Crippen LogP contribution in [0.3, 0.4) is 0 Å². The number of aliphatic hydroxyl groups excluding tert-OH is 1. The third-order valence-electron chi connectivity index (χ3n) is 3.08. The Hall–Kier alpha value is -1.36. The minimum absolute atomic E-state index is 0.0962. The number of amides is 1. The number of aryl methyl sites for hydroxylation is 2. The molecule has 96 valence electrons. The van der Waals surface area contributed by atoms with E-state index in [9.17, 15) is 9.90 Å². The fourth-order valence-corrected chi connectivity index (χ4v) is 1.48. The summed E-state index contributed by atoms with van der Waals surface area (Å²) in [6.07, 6.45) is 0.645. The monoisotopic (exact) mass is 240 g/mol. The van der Waals surface area contributed by atoms with E-state index in [1.807, 2.05) is 6.92 Å². The fraction of sp³-hybridized carbons (Fsp3) is 0.667. The summed E-state index contributed by atoms with van der Waals surface area (Å²) in [7, 11) is 1.67. The molecule has 1 N–H and O–H groups in total. The van der Waals surface area contributed by atoms with E-state index in [4.69, 9.17) is 4.52 Å². The van der Waals surface area contributed by atoms with Crippen LogP contribution in [0, 0.1) is 6.92 Å². The Morgan fingerprint density at radius 1 is 1.53 bits per heavy atom. The van der Waals surface area contributed by atoms with E-state index >= 15 is 0 Å². The summed E-state index contributed by atoms with van der Waals surface area (Å²) in [5.41, 5.74) is 0.566. The van der Waals surface area contributed by atoms with Crippen LogP contribution >= 0.6 is 0 Å². The third-order valence-corrected chi connectivity index (χ3v) is 3.08. The zero-order valence-corrected chi connectivity index (χ0v) is 11.1. The predicted octanol–water partition coefficient (Wildman–Crippen LogP) is 1.39. The molecule has 0 atom stereocenters. The molecule has 1 aromatic heterocycles. The van der Waals surface area contributed by atoms with E-state index in [1.165, 1.54) is 4.90 Å². The van der Waals surface area contributed by atoms with Gasteiger partial charge in [0.25, 0.3) is 5.91 Å². The first-order valence-corrected chi connectivity index (χ1v) is 5.69. The second kappa shape index (κ2) is 4.87. The van der Waals surface area contributed by atoms with Crippen molar-refractivity contribution in [1.82, 2.24) is 10.1 Å². The molecule has 0 unspecified atom stereocenters. The van der Waals surface area contributed by atoms with Gasteiger partial charge in [-0.15, -0.1) is 0 Å². The Kier molecular flexibility index (Phi) is 3.93. The van der Waals surface area contributed by atoms with Crippen molar-refractivity contribution in [3.63, 3.8) is 0 Å². The second-order valence-corrected chi connectivity index (χ2v) is 4.75. The van der Waals surface area contributed by atoms with Crippen molar-refractivity contribution in [3.05, 3.63) is 17.0 Å². The summed E-state index contributed by atoms with van der Waals surface area (Å²) in [6, 6.07) is 0. The van der Waals surface area contributed by atoms with Gasteiger partial charge in [0.05, 0.1) is 17.8 Å². The highest BCUT2D eigenvalue weighted by Crippen LogP contribution is 2.20. The van der Waals surface area contributed by atoms with Gasteiger partial charge >= 0.3 is 0 Å². The summed E-state index contributed by atoms with van der Waals surface area (Å²) in [5.74, 6) is 0.354. The number of rotatable bonds is 4. The van der Waals surface area contributed by atoms with Crippen molar-refractivity contribution < 1.29 is 14.4 Å². The molecule has 0 saturated heterocycles. The zero-order valence-electron chi connectivity index (χ0n) is 11.1. The van der Waals surface area contributed by atoms with E-state index in [2.05, 4.69) is 5.16 Å². The highest BCUT2D eigenvalue weighted by Gasteiger charge is 2.31. The minimum atomic E-state index is -0.605. The van der Waals surface area contributed by atoms with Crippen LogP contribution in [0.25, 0.3) is 0 Å². The lowest BCUT2D eigenvalue weighted by Crippen LogP contribution is -2.47. The zero-order chi connectivity index (χ0) is 13.2. The fourth-order valence-electron chi connectivity index (χ4n) is 1.48. The first-order valence-electron chi connectivity index (χ1n) is 5.69. The summed E-state index contributed by atoms with van der Waals surface area (Å²) >= 11 is 0. The molecule has 1 rings (SSSR count). The summed E-state index contributed by atoms with van der Waals surface area (Å²) in [5, 5.41) is 13.1. The third kappa shape index (κ3) is 2.49. The number of aromatic nitrogens is 1. The lowest BCUT2D eigenvalue weighted by atomic mass is 10.0. The van der Waals surface area contributed by atoms with Crippen LogP contribution in [0.2, 0.25) is 0 Å². The number of nitrogens with zero attached hydrogens (tertiary/aromatic N) is 2. The lowest BCUT2D eigenvalue weighted by molar-refractivity contribution is 0.0470. The molecule has 5 nitrogen and oxygen atoms in total. The van der Waals surface area contributed by atoms with Crippen molar-refractivity contribution in [2.24, 2.45) is 0 Å². The SMILES string of the molecule is CCc1noc(C)c1C(=O)N(C)C(C)(C)CO. The van der Waals surface area contributed by atoms with Gasteiger partial charge in [0.2, 0.25) is 0 Å². The molecule has 17 heavy (non-hydrogen) atoms. The number of aliphatic hydroxyl groups is 1. The number of carbonyl (C=O) groups is 1. The molecule has 1 aromatic rings. The molecular weight excluding hydrogens is 220 g/mol. The smallest absolute Gasteiger partial charge is 0.259 e. The quantitative estimate of drug-likeness (QED) is 0.863. The molecule has 0 saturated carbocycles. The first kappa shape index (κ1) is 13.7. The standard InChI is InChI=1S/C12H20N2O3/c1-6-9-10(8(2)17-13-9)11(16)14(5)12(3,4)7-15/h15H,6-7H2,1-5H3. The Labute approximate surface area is 101 Å². The van der Waals surface area contributed by atoms with E-state index in [-0.39, 0.29) is 12.5 Å². The first-order chi connectivity index (χ1) is 7.85. The maximum absolute atomic E-state index is 12.3. The molecule has 0 spiro atoms. The van der Waals surface area contributed by atoms with Crippen LogP contribution in [0.15, 0.2) is 4.52 Å². The van der Waals surface area contributed by atoms with Gasteiger partial charge in [-0.2, -0.15) is 0 Å². The maximum atomic E-state index is 12.3. The molecule has 0 aliphatic heterocycles. The predicted molar refractivity (Wildman–Crippen MR) is 63.9 cm³/mol. The molecule has 0 bridgehead atoms. The second-order valence-electron chi connectivity index (χ2n) is 4.75. The van der Waals surface area contributed by atoms with Crippen molar-refractivity contribution in [1.29, 1.82) is 0 Å². The van der Waals surface area contributed by atoms with Crippen molar-refractivity contribution in [3.8, 4) is 0 Å². The molecule has 1 amide bonds. The molecular formula is C12H20N2O3. The Balaban J connectivity index is 3.08. The van der Waals surface area contributed by atoms with Gasteiger partial charge in [0.15, 0.2) is 0 Å². The van der Waals surface area contributed by atoms with Gasteiger partial charge in [-0.25, -0.2) is 0 Å². The van der Waals surface area contributed by atoms with Gasteiger partial charge < -0.3 is 14.5 Å². The highest BCUT2D eigenvalue weighted by atomic mass is 16.5. The van der Waals surface area contributed by atoms with Gasteiger partial charge in [-0.3, -0.25) is 4.79 Å². The summed E-state index contributed by atoms with van der Waals surface area (Å²) in [6.45, 7) is 7.16. The van der Waals surface area contributed by atoms with Gasteiger partial charge in [-0.05, 0) is 27.2 Å². The van der Waals surface area contributed by atoms with Crippen LogP contribution < -0.4 is 0 Å². The van der Waals surface area contributed by atoms with E-state index in [0.717, 1.165) is 0 Å². The molecule has 0 aromatic carbocycles.